The SMILES string of the molecule is CC(C)C1=CNCN(C2CCCC2)C1=O. The second-order valence-electron chi connectivity index (χ2n) is 4.83. The van der Waals surface area contributed by atoms with E-state index in [1.807, 2.05) is 11.1 Å². The average Bonchev–Trinajstić information content (AvgIpc) is 2.70. The van der Waals surface area contributed by atoms with Crippen LogP contribution in [0.15, 0.2) is 11.8 Å². The lowest BCUT2D eigenvalue weighted by Gasteiger charge is -2.34. The van der Waals surface area contributed by atoms with Crippen LogP contribution in [0.25, 0.3) is 0 Å². The van der Waals surface area contributed by atoms with E-state index in [-0.39, 0.29) is 5.91 Å². The molecule has 1 amide bonds. The Hall–Kier alpha value is -0.990. The number of amides is 1. The topological polar surface area (TPSA) is 32.3 Å². The monoisotopic (exact) mass is 208 g/mol. The van der Waals surface area contributed by atoms with Crippen molar-refractivity contribution in [3.63, 3.8) is 0 Å². The summed E-state index contributed by atoms with van der Waals surface area (Å²) in [4.78, 5) is 14.2. The molecule has 0 aromatic rings. The summed E-state index contributed by atoms with van der Waals surface area (Å²) in [7, 11) is 0. The predicted octanol–water partition coefficient (Wildman–Crippen LogP) is 1.86. The van der Waals surface area contributed by atoms with E-state index >= 15 is 0 Å². The van der Waals surface area contributed by atoms with Crippen LogP contribution in [0.3, 0.4) is 0 Å². The molecule has 0 bridgehead atoms. The maximum atomic E-state index is 12.2. The number of rotatable bonds is 2. The Balaban J connectivity index is 2.09. The third-order valence-electron chi connectivity index (χ3n) is 3.41. The van der Waals surface area contributed by atoms with E-state index in [9.17, 15) is 4.79 Å². The highest BCUT2D eigenvalue weighted by molar-refractivity contribution is 5.94. The van der Waals surface area contributed by atoms with E-state index in [1.54, 1.807) is 0 Å². The van der Waals surface area contributed by atoms with Crippen molar-refractivity contribution in [3.8, 4) is 0 Å². The van der Waals surface area contributed by atoms with Gasteiger partial charge in [-0.25, -0.2) is 0 Å². The maximum absolute atomic E-state index is 12.2. The van der Waals surface area contributed by atoms with Gasteiger partial charge in [0.1, 0.15) is 0 Å². The molecule has 1 fully saturated rings. The molecule has 84 valence electrons. The first-order valence-corrected chi connectivity index (χ1v) is 5.94. The summed E-state index contributed by atoms with van der Waals surface area (Å²) in [5, 5.41) is 3.22. The van der Waals surface area contributed by atoms with Crippen LogP contribution in [0.1, 0.15) is 39.5 Å². The highest BCUT2D eigenvalue weighted by Crippen LogP contribution is 2.26. The molecule has 1 heterocycles. The van der Waals surface area contributed by atoms with Gasteiger partial charge in [-0.2, -0.15) is 0 Å². The van der Waals surface area contributed by atoms with E-state index in [2.05, 4.69) is 19.2 Å². The van der Waals surface area contributed by atoms with Gasteiger partial charge in [-0.05, 0) is 18.8 Å². The standard InChI is InChI=1S/C12H20N2O/c1-9(2)11-7-13-8-14(12(11)15)10-5-3-4-6-10/h7,9-10,13H,3-6,8H2,1-2H3. The van der Waals surface area contributed by atoms with Crippen LogP contribution in [0.4, 0.5) is 0 Å². The van der Waals surface area contributed by atoms with Crippen molar-refractivity contribution in [2.45, 2.75) is 45.6 Å². The molecule has 0 unspecified atom stereocenters. The lowest BCUT2D eigenvalue weighted by atomic mass is 10.0. The van der Waals surface area contributed by atoms with Crippen LogP contribution in [-0.2, 0) is 4.79 Å². The zero-order chi connectivity index (χ0) is 10.8. The Morgan fingerprint density at radius 2 is 2.07 bits per heavy atom. The number of carbonyl (C=O) groups is 1. The summed E-state index contributed by atoms with van der Waals surface area (Å²) in [6.45, 7) is 4.84. The molecule has 1 aliphatic carbocycles. The largest absolute Gasteiger partial charge is 0.373 e. The molecule has 3 heteroatoms. The van der Waals surface area contributed by atoms with Crippen molar-refractivity contribution < 1.29 is 4.79 Å². The van der Waals surface area contributed by atoms with Crippen LogP contribution < -0.4 is 5.32 Å². The summed E-state index contributed by atoms with van der Waals surface area (Å²) in [5.74, 6) is 0.560. The van der Waals surface area contributed by atoms with E-state index in [1.165, 1.54) is 25.7 Å². The molecule has 2 aliphatic rings. The quantitative estimate of drug-likeness (QED) is 0.751. The molecule has 0 saturated heterocycles. The normalized spacial score (nSPS) is 23.3. The Kier molecular flexibility index (Phi) is 2.98. The molecule has 0 aromatic carbocycles. The van der Waals surface area contributed by atoms with Crippen molar-refractivity contribution in [3.05, 3.63) is 11.8 Å². The van der Waals surface area contributed by atoms with Crippen LogP contribution in [0.5, 0.6) is 0 Å². The van der Waals surface area contributed by atoms with Crippen LogP contribution in [0.2, 0.25) is 0 Å². The lowest BCUT2D eigenvalue weighted by molar-refractivity contribution is -0.130. The number of hydrogen-bond acceptors (Lipinski definition) is 2. The van der Waals surface area contributed by atoms with Crippen molar-refractivity contribution in [1.82, 2.24) is 10.2 Å². The van der Waals surface area contributed by atoms with Gasteiger partial charge in [0, 0.05) is 17.8 Å². The van der Waals surface area contributed by atoms with Crippen molar-refractivity contribution >= 4 is 5.91 Å². The van der Waals surface area contributed by atoms with Crippen molar-refractivity contribution in [2.75, 3.05) is 6.67 Å². The third kappa shape index (κ3) is 2.01. The first-order chi connectivity index (χ1) is 7.20. The third-order valence-corrected chi connectivity index (χ3v) is 3.41. The van der Waals surface area contributed by atoms with Gasteiger partial charge in [-0.15, -0.1) is 0 Å². The minimum atomic E-state index is 0.246. The van der Waals surface area contributed by atoms with Gasteiger partial charge in [0.2, 0.25) is 0 Å². The predicted molar refractivity (Wildman–Crippen MR) is 60.0 cm³/mol. The Morgan fingerprint density at radius 3 is 2.67 bits per heavy atom. The molecule has 0 aromatic heterocycles. The summed E-state index contributed by atoms with van der Waals surface area (Å²) in [6, 6.07) is 0.479. The molecule has 0 radical (unpaired) electrons. The molecule has 1 aliphatic heterocycles. The minimum Gasteiger partial charge on any atom is -0.373 e. The van der Waals surface area contributed by atoms with Crippen molar-refractivity contribution in [2.24, 2.45) is 5.92 Å². The molecule has 0 atom stereocenters. The fourth-order valence-electron chi connectivity index (χ4n) is 2.48. The van der Waals surface area contributed by atoms with E-state index < -0.39 is 0 Å². The summed E-state index contributed by atoms with van der Waals surface area (Å²) >= 11 is 0. The molecular weight excluding hydrogens is 188 g/mol. The van der Waals surface area contributed by atoms with Gasteiger partial charge in [0.25, 0.3) is 5.91 Å². The molecule has 1 saturated carbocycles. The van der Waals surface area contributed by atoms with Gasteiger partial charge >= 0.3 is 0 Å². The maximum Gasteiger partial charge on any atom is 0.253 e. The number of carbonyl (C=O) groups excluding carboxylic acids is 1. The fraction of sp³-hybridized carbons (Fsp3) is 0.750. The summed E-state index contributed by atoms with van der Waals surface area (Å²) < 4.78 is 0. The highest BCUT2D eigenvalue weighted by atomic mass is 16.2. The van der Waals surface area contributed by atoms with Gasteiger partial charge in [-0.1, -0.05) is 26.7 Å². The number of hydrogen-bond donors (Lipinski definition) is 1. The molecule has 1 N–H and O–H groups in total. The van der Waals surface area contributed by atoms with Crippen LogP contribution in [-0.4, -0.2) is 23.5 Å². The zero-order valence-corrected chi connectivity index (χ0v) is 9.62. The van der Waals surface area contributed by atoms with Gasteiger partial charge in [-0.3, -0.25) is 4.79 Å². The lowest BCUT2D eigenvalue weighted by Crippen LogP contribution is -2.48. The van der Waals surface area contributed by atoms with Crippen molar-refractivity contribution in [1.29, 1.82) is 0 Å². The first kappa shape index (κ1) is 10.5. The average molecular weight is 208 g/mol. The number of nitrogens with zero attached hydrogens (tertiary/aromatic N) is 1. The zero-order valence-electron chi connectivity index (χ0n) is 9.62. The Morgan fingerprint density at radius 1 is 1.40 bits per heavy atom. The minimum absolute atomic E-state index is 0.246. The smallest absolute Gasteiger partial charge is 0.253 e. The highest BCUT2D eigenvalue weighted by Gasteiger charge is 2.30. The molecule has 2 rings (SSSR count). The van der Waals surface area contributed by atoms with E-state index in [0.717, 1.165) is 5.57 Å². The summed E-state index contributed by atoms with van der Waals surface area (Å²) in [6.07, 6.45) is 6.79. The first-order valence-electron chi connectivity index (χ1n) is 5.94. The summed E-state index contributed by atoms with van der Waals surface area (Å²) in [5.41, 5.74) is 0.924. The molecular formula is C12H20N2O. The second kappa shape index (κ2) is 4.25. The molecule has 15 heavy (non-hydrogen) atoms. The van der Waals surface area contributed by atoms with Crippen LogP contribution >= 0.6 is 0 Å². The van der Waals surface area contributed by atoms with Gasteiger partial charge < -0.3 is 10.2 Å². The van der Waals surface area contributed by atoms with Gasteiger partial charge in [0.05, 0.1) is 6.67 Å². The molecule has 3 nitrogen and oxygen atoms in total. The molecule has 0 spiro atoms. The Bertz CT molecular complexity index is 277. The second-order valence-corrected chi connectivity index (χ2v) is 4.83. The fourth-order valence-corrected chi connectivity index (χ4v) is 2.48. The van der Waals surface area contributed by atoms with E-state index in [0.29, 0.717) is 18.6 Å². The van der Waals surface area contributed by atoms with E-state index in [4.69, 9.17) is 0 Å². The van der Waals surface area contributed by atoms with Gasteiger partial charge in [0.15, 0.2) is 0 Å². The Labute approximate surface area is 91.5 Å². The van der Waals surface area contributed by atoms with Crippen LogP contribution in [0, 0.1) is 5.92 Å². The number of nitrogens with one attached hydrogen (secondary N) is 1.